The molecule has 0 saturated heterocycles. The highest BCUT2D eigenvalue weighted by Crippen LogP contribution is 2.35. The number of hydrogen-bond acceptors (Lipinski definition) is 8. The molecule has 4 rings (SSSR count). The molecule has 0 saturated carbocycles. The summed E-state index contributed by atoms with van der Waals surface area (Å²) in [5, 5.41) is 10.3. The molecule has 0 radical (unpaired) electrons. The Morgan fingerprint density at radius 3 is 2.71 bits per heavy atom. The molecule has 1 aliphatic rings. The standard InChI is InChI=1S/C19H17N3O6/c1-24-11-7-8-12(15(9-11)25-2)17(23)20-19-22-21-18(28-19)16-10-26-13-5-3-4-6-14(13)27-16/h3-9,16H,10H2,1-2H3,(H,20,22,23). The van der Waals surface area contributed by atoms with Crippen molar-refractivity contribution in [2.24, 2.45) is 0 Å². The maximum absolute atomic E-state index is 12.5. The third kappa shape index (κ3) is 3.41. The summed E-state index contributed by atoms with van der Waals surface area (Å²) < 4.78 is 27.3. The monoisotopic (exact) mass is 383 g/mol. The zero-order chi connectivity index (χ0) is 19.5. The zero-order valence-corrected chi connectivity index (χ0v) is 15.2. The van der Waals surface area contributed by atoms with Crippen LogP contribution in [0.25, 0.3) is 0 Å². The van der Waals surface area contributed by atoms with E-state index in [1.165, 1.54) is 14.2 Å². The fourth-order valence-corrected chi connectivity index (χ4v) is 2.71. The number of carbonyl (C=O) groups excluding carboxylic acids is 1. The van der Waals surface area contributed by atoms with E-state index in [0.29, 0.717) is 28.6 Å². The lowest BCUT2D eigenvalue weighted by molar-refractivity contribution is 0.0716. The molecule has 28 heavy (non-hydrogen) atoms. The van der Waals surface area contributed by atoms with Gasteiger partial charge in [-0.3, -0.25) is 10.1 Å². The van der Waals surface area contributed by atoms with Crippen LogP contribution in [0.3, 0.4) is 0 Å². The van der Waals surface area contributed by atoms with E-state index in [1.807, 2.05) is 18.2 Å². The van der Waals surface area contributed by atoms with Crippen molar-refractivity contribution < 1.29 is 28.2 Å². The summed E-state index contributed by atoms with van der Waals surface area (Å²) in [6.07, 6.45) is -0.566. The van der Waals surface area contributed by atoms with Crippen LogP contribution in [-0.2, 0) is 0 Å². The van der Waals surface area contributed by atoms with Crippen molar-refractivity contribution in [2.45, 2.75) is 6.10 Å². The Morgan fingerprint density at radius 2 is 1.93 bits per heavy atom. The van der Waals surface area contributed by atoms with Gasteiger partial charge >= 0.3 is 6.01 Å². The van der Waals surface area contributed by atoms with Crippen molar-refractivity contribution in [1.29, 1.82) is 0 Å². The van der Waals surface area contributed by atoms with Gasteiger partial charge in [0.1, 0.15) is 18.1 Å². The highest BCUT2D eigenvalue weighted by Gasteiger charge is 2.27. The van der Waals surface area contributed by atoms with Crippen LogP contribution < -0.4 is 24.3 Å². The molecule has 2 heterocycles. The largest absolute Gasteiger partial charge is 0.497 e. The number of anilines is 1. The number of para-hydroxylation sites is 2. The molecule has 1 unspecified atom stereocenters. The number of nitrogens with zero attached hydrogens (tertiary/aromatic N) is 2. The Kier molecular flexibility index (Phi) is 4.71. The molecular formula is C19H17N3O6. The van der Waals surface area contributed by atoms with Crippen LogP contribution in [0.5, 0.6) is 23.0 Å². The predicted molar refractivity (Wildman–Crippen MR) is 97.1 cm³/mol. The number of benzene rings is 2. The second-order valence-corrected chi connectivity index (χ2v) is 5.83. The van der Waals surface area contributed by atoms with Crippen LogP contribution in [0.15, 0.2) is 46.9 Å². The van der Waals surface area contributed by atoms with Crippen LogP contribution in [0.4, 0.5) is 6.01 Å². The molecule has 1 amide bonds. The van der Waals surface area contributed by atoms with Crippen LogP contribution in [0.2, 0.25) is 0 Å². The SMILES string of the molecule is COc1ccc(C(=O)Nc2nnc(C3COc4ccccc4O3)o2)c(OC)c1. The van der Waals surface area contributed by atoms with E-state index in [0.717, 1.165) is 0 Å². The van der Waals surface area contributed by atoms with Gasteiger partial charge in [-0.05, 0) is 24.3 Å². The number of methoxy groups -OCH3 is 2. The molecule has 9 heteroatoms. The smallest absolute Gasteiger partial charge is 0.322 e. The lowest BCUT2D eigenvalue weighted by atomic mass is 10.2. The third-order valence-electron chi connectivity index (χ3n) is 4.10. The Morgan fingerprint density at radius 1 is 1.11 bits per heavy atom. The first-order chi connectivity index (χ1) is 13.7. The van der Waals surface area contributed by atoms with Crippen molar-refractivity contribution in [1.82, 2.24) is 10.2 Å². The van der Waals surface area contributed by atoms with E-state index < -0.39 is 12.0 Å². The number of rotatable bonds is 5. The number of aromatic nitrogens is 2. The minimum atomic E-state index is -0.566. The van der Waals surface area contributed by atoms with E-state index in [2.05, 4.69) is 15.5 Å². The second-order valence-electron chi connectivity index (χ2n) is 5.83. The van der Waals surface area contributed by atoms with Gasteiger partial charge in [-0.15, -0.1) is 5.10 Å². The van der Waals surface area contributed by atoms with Gasteiger partial charge in [0.05, 0.1) is 19.8 Å². The predicted octanol–water partition coefficient (Wildman–Crippen LogP) is 2.85. The van der Waals surface area contributed by atoms with Gasteiger partial charge in [0.2, 0.25) is 6.10 Å². The highest BCUT2D eigenvalue weighted by atomic mass is 16.6. The minimum Gasteiger partial charge on any atom is -0.497 e. The summed E-state index contributed by atoms with van der Waals surface area (Å²) in [5.41, 5.74) is 0.300. The Balaban J connectivity index is 1.48. The number of nitrogens with one attached hydrogen (secondary N) is 1. The quantitative estimate of drug-likeness (QED) is 0.717. The molecule has 0 aliphatic carbocycles. The van der Waals surface area contributed by atoms with E-state index in [9.17, 15) is 4.79 Å². The normalized spacial score (nSPS) is 15.0. The van der Waals surface area contributed by atoms with Gasteiger partial charge in [-0.25, -0.2) is 0 Å². The van der Waals surface area contributed by atoms with Crippen molar-refractivity contribution in [3.05, 3.63) is 53.9 Å². The molecule has 0 bridgehead atoms. The Labute approximate surface area is 160 Å². The van der Waals surface area contributed by atoms with Crippen molar-refractivity contribution >= 4 is 11.9 Å². The van der Waals surface area contributed by atoms with Gasteiger partial charge in [-0.2, -0.15) is 0 Å². The Hall–Kier alpha value is -3.75. The third-order valence-corrected chi connectivity index (χ3v) is 4.10. The molecule has 1 N–H and O–H groups in total. The summed E-state index contributed by atoms with van der Waals surface area (Å²) in [6, 6.07) is 12.1. The number of hydrogen-bond donors (Lipinski definition) is 1. The fraction of sp³-hybridized carbons (Fsp3) is 0.211. The molecule has 0 spiro atoms. The average molecular weight is 383 g/mol. The lowest BCUT2D eigenvalue weighted by Crippen LogP contribution is -2.21. The van der Waals surface area contributed by atoms with Gasteiger partial charge in [-0.1, -0.05) is 17.2 Å². The molecule has 2 aromatic carbocycles. The molecule has 1 atom stereocenters. The number of fused-ring (bicyclic) bond motifs is 1. The van der Waals surface area contributed by atoms with Crippen LogP contribution in [-0.4, -0.2) is 36.9 Å². The van der Waals surface area contributed by atoms with Crippen LogP contribution in [0, 0.1) is 0 Å². The molecule has 144 valence electrons. The molecular weight excluding hydrogens is 366 g/mol. The first-order valence-corrected chi connectivity index (χ1v) is 8.43. The van der Waals surface area contributed by atoms with E-state index in [-0.39, 0.29) is 18.5 Å². The second kappa shape index (κ2) is 7.47. The summed E-state index contributed by atoms with van der Waals surface area (Å²) >= 11 is 0. The van der Waals surface area contributed by atoms with E-state index in [1.54, 1.807) is 24.3 Å². The van der Waals surface area contributed by atoms with Gasteiger partial charge in [0, 0.05) is 6.07 Å². The fourth-order valence-electron chi connectivity index (χ4n) is 2.71. The van der Waals surface area contributed by atoms with E-state index in [4.69, 9.17) is 23.4 Å². The van der Waals surface area contributed by atoms with Crippen LogP contribution in [0.1, 0.15) is 22.4 Å². The Bertz CT molecular complexity index is 1000. The lowest BCUT2D eigenvalue weighted by Gasteiger charge is -2.23. The molecule has 9 nitrogen and oxygen atoms in total. The number of ether oxygens (including phenoxy) is 4. The molecule has 1 aliphatic heterocycles. The number of amides is 1. The van der Waals surface area contributed by atoms with Crippen LogP contribution >= 0.6 is 0 Å². The average Bonchev–Trinajstić information content (AvgIpc) is 3.21. The van der Waals surface area contributed by atoms with Gasteiger partial charge in [0.15, 0.2) is 11.5 Å². The van der Waals surface area contributed by atoms with Crippen molar-refractivity contribution in [3.8, 4) is 23.0 Å². The van der Waals surface area contributed by atoms with Crippen molar-refractivity contribution in [2.75, 3.05) is 26.1 Å². The maximum atomic E-state index is 12.5. The van der Waals surface area contributed by atoms with E-state index >= 15 is 0 Å². The van der Waals surface area contributed by atoms with Gasteiger partial charge < -0.3 is 23.4 Å². The molecule has 1 aromatic heterocycles. The summed E-state index contributed by atoms with van der Waals surface area (Å²) in [4.78, 5) is 12.5. The van der Waals surface area contributed by atoms with Crippen molar-refractivity contribution in [3.63, 3.8) is 0 Å². The first kappa shape index (κ1) is 17.7. The summed E-state index contributed by atoms with van der Waals surface area (Å²) in [5.74, 6) is 1.91. The topological polar surface area (TPSA) is 105 Å². The summed E-state index contributed by atoms with van der Waals surface area (Å²) in [6.45, 7) is 0.221. The minimum absolute atomic E-state index is 0.0553. The molecule has 0 fully saturated rings. The highest BCUT2D eigenvalue weighted by molar-refractivity contribution is 6.05. The molecule has 3 aromatic rings. The number of carbonyl (C=O) groups is 1. The zero-order valence-electron chi connectivity index (χ0n) is 15.2. The summed E-state index contributed by atoms with van der Waals surface area (Å²) in [7, 11) is 3.00. The first-order valence-electron chi connectivity index (χ1n) is 8.43. The van der Waals surface area contributed by atoms with Gasteiger partial charge in [0.25, 0.3) is 11.8 Å². The maximum Gasteiger partial charge on any atom is 0.322 e.